The van der Waals surface area contributed by atoms with Gasteiger partial charge in [-0.1, -0.05) is 103 Å². The maximum absolute atomic E-state index is 9.57. The van der Waals surface area contributed by atoms with Crippen LogP contribution in [0.4, 0.5) is 17.1 Å². The zero-order chi connectivity index (χ0) is 32.5. The Hall–Kier alpha value is -6.33. The highest BCUT2D eigenvalue weighted by Gasteiger charge is 2.43. The summed E-state index contributed by atoms with van der Waals surface area (Å²) in [4.78, 5) is 7.53. The first-order valence-electron chi connectivity index (χ1n) is 15.8. The van der Waals surface area contributed by atoms with E-state index in [0.717, 1.165) is 39.3 Å². The van der Waals surface area contributed by atoms with Crippen molar-refractivity contribution in [2.45, 2.75) is 19.6 Å². The summed E-state index contributed by atoms with van der Waals surface area (Å²) in [7, 11) is -1.90. The van der Waals surface area contributed by atoms with E-state index in [-0.39, 0.29) is 0 Å². The normalized spacial score (nSPS) is 13.3. The van der Waals surface area contributed by atoms with Gasteiger partial charge in [0.05, 0.1) is 40.3 Å². The van der Waals surface area contributed by atoms with E-state index >= 15 is 0 Å². The Labute approximate surface area is 282 Å². The fourth-order valence-electron chi connectivity index (χ4n) is 6.88. The van der Waals surface area contributed by atoms with Gasteiger partial charge in [0.15, 0.2) is 0 Å². The Kier molecular flexibility index (Phi) is 7.35. The van der Waals surface area contributed by atoms with Crippen molar-refractivity contribution in [3.63, 3.8) is 0 Å². The number of hydrogen-bond acceptors (Lipinski definition) is 3. The Morgan fingerprint density at radius 1 is 0.396 bits per heavy atom. The molecule has 0 atom stereocenters. The van der Waals surface area contributed by atoms with E-state index in [4.69, 9.17) is 0 Å². The lowest BCUT2D eigenvalue weighted by atomic mass is 9.93. The van der Waals surface area contributed by atoms with Crippen LogP contribution in [0.25, 0.3) is 22.3 Å². The van der Waals surface area contributed by atoms with E-state index in [9.17, 15) is 10.5 Å². The zero-order valence-corrected chi connectivity index (χ0v) is 26.8. The molecule has 8 rings (SSSR count). The molecule has 4 heteroatoms. The van der Waals surface area contributed by atoms with Crippen LogP contribution in [-0.2, 0) is 0 Å². The molecule has 1 aliphatic heterocycles. The minimum atomic E-state index is -1.90. The van der Waals surface area contributed by atoms with E-state index < -0.39 is 10.0 Å². The average molecular weight is 632 g/mol. The number of anilines is 3. The summed E-state index contributed by atoms with van der Waals surface area (Å²) < 4.78 is 0. The van der Waals surface area contributed by atoms with Gasteiger partial charge in [0.25, 0.3) is 0 Å². The van der Waals surface area contributed by atoms with Gasteiger partial charge in [-0.3, -0.25) is 0 Å². The summed E-state index contributed by atoms with van der Waals surface area (Å²) in [6.07, 6.45) is 0. The van der Waals surface area contributed by atoms with E-state index in [1.165, 1.54) is 19.6 Å². The first-order valence-corrected chi connectivity index (χ1v) is 17.4. The fourth-order valence-corrected chi connectivity index (χ4v) is 11.0. The van der Waals surface area contributed by atoms with Crippen LogP contribution in [0.2, 0.25) is 0 Å². The van der Waals surface area contributed by atoms with Gasteiger partial charge in [-0.15, -0.1) is 10.0 Å². The summed E-state index contributed by atoms with van der Waals surface area (Å²) in [5.41, 5.74) is 8.66. The van der Waals surface area contributed by atoms with Crippen LogP contribution in [0, 0.1) is 22.7 Å². The molecule has 0 fully saturated rings. The van der Waals surface area contributed by atoms with Gasteiger partial charge in [-0.2, -0.15) is 10.5 Å². The van der Waals surface area contributed by atoms with Crippen LogP contribution >= 0.6 is 10.0 Å². The predicted molar refractivity (Wildman–Crippen MR) is 195 cm³/mol. The monoisotopic (exact) mass is 631 g/mol. The lowest BCUT2D eigenvalue weighted by molar-refractivity contribution is 1.12. The highest BCUT2D eigenvalue weighted by molar-refractivity contribution is 8.34. The third-order valence-corrected chi connectivity index (χ3v) is 12.9. The molecule has 0 aromatic heterocycles. The second-order valence-corrected chi connectivity index (χ2v) is 14.6. The lowest BCUT2D eigenvalue weighted by Gasteiger charge is -2.50. The second-order valence-electron chi connectivity index (χ2n) is 11.6. The van der Waals surface area contributed by atoms with Crippen molar-refractivity contribution < 1.29 is 0 Å². The molecule has 0 bridgehead atoms. The summed E-state index contributed by atoms with van der Waals surface area (Å²) >= 11 is 0. The first kappa shape index (κ1) is 29.1. The number of rotatable bonds is 5. The Bertz CT molecular complexity index is 2190. The second kappa shape index (κ2) is 12.1. The van der Waals surface area contributed by atoms with Gasteiger partial charge in [0.1, 0.15) is 0 Å². The van der Waals surface area contributed by atoms with Gasteiger partial charge >= 0.3 is 0 Å². The largest absolute Gasteiger partial charge is 0.307 e. The third kappa shape index (κ3) is 4.59. The van der Waals surface area contributed by atoms with E-state index in [2.05, 4.69) is 144 Å². The van der Waals surface area contributed by atoms with Crippen molar-refractivity contribution in [1.82, 2.24) is 0 Å². The Morgan fingerprint density at radius 3 is 1.21 bits per heavy atom. The van der Waals surface area contributed by atoms with Gasteiger partial charge in [0.2, 0.25) is 0 Å². The van der Waals surface area contributed by atoms with Crippen LogP contribution in [0.1, 0.15) is 11.1 Å². The molecule has 3 nitrogen and oxygen atoms in total. The molecule has 7 aromatic rings. The van der Waals surface area contributed by atoms with Gasteiger partial charge < -0.3 is 4.90 Å². The summed E-state index contributed by atoms with van der Waals surface area (Å²) in [5, 5.41) is 19.1. The Balaban J connectivity index is 1.49. The number of para-hydroxylation sites is 3. The van der Waals surface area contributed by atoms with Crippen LogP contribution in [0.5, 0.6) is 0 Å². The van der Waals surface area contributed by atoms with E-state index in [1.54, 1.807) is 0 Å². The number of hydrogen-bond donors (Lipinski definition) is 0. The first-order chi connectivity index (χ1) is 23.7. The fraction of sp³-hybridized carbons (Fsp3) is 0. The van der Waals surface area contributed by atoms with Crippen LogP contribution in [0.15, 0.2) is 196 Å². The Morgan fingerprint density at radius 2 is 0.792 bits per heavy atom. The molecule has 1 aliphatic rings. The van der Waals surface area contributed by atoms with E-state index in [0.29, 0.717) is 11.1 Å². The lowest BCUT2D eigenvalue weighted by Crippen LogP contribution is -2.22. The quantitative estimate of drug-likeness (QED) is 0.190. The molecule has 226 valence electrons. The maximum Gasteiger partial charge on any atom is 0.0991 e. The molecule has 0 radical (unpaired) electrons. The van der Waals surface area contributed by atoms with Crippen LogP contribution < -0.4 is 4.90 Å². The number of benzene rings is 7. The molecule has 0 saturated heterocycles. The molecular formula is C44H29N3S. The molecule has 0 spiro atoms. The third-order valence-electron chi connectivity index (χ3n) is 8.98. The number of fused-ring (bicyclic) bond motifs is 2. The minimum absolute atomic E-state index is 0.622. The van der Waals surface area contributed by atoms with Crippen molar-refractivity contribution in [3.8, 4) is 34.4 Å². The van der Waals surface area contributed by atoms with Crippen LogP contribution in [-0.4, -0.2) is 0 Å². The van der Waals surface area contributed by atoms with Gasteiger partial charge in [-0.25, -0.2) is 0 Å². The molecule has 0 saturated carbocycles. The zero-order valence-electron chi connectivity index (χ0n) is 26.0. The molecule has 0 N–H and O–H groups in total. The molecule has 1 heterocycles. The highest BCUT2D eigenvalue weighted by Crippen LogP contribution is 2.79. The van der Waals surface area contributed by atoms with Crippen molar-refractivity contribution in [2.75, 3.05) is 4.90 Å². The standard InChI is InChI=1S/C44H29N3S/c45-30-32-22-26-34(27-23-32)38-16-11-17-39(35-28-24-33(31-46)25-29-35)44(38)47-40-18-7-9-20-42(40)48(36-12-3-1-4-13-36,37-14-5-2-6-15-37)43-21-10-8-19-41(43)47/h1-29H. The molecule has 0 amide bonds. The average Bonchev–Trinajstić information content (AvgIpc) is 3.17. The van der Waals surface area contributed by atoms with Gasteiger partial charge in [-0.05, 0) is 83.9 Å². The maximum atomic E-state index is 9.57. The van der Waals surface area contributed by atoms with E-state index in [1.807, 2.05) is 48.5 Å². The summed E-state index contributed by atoms with van der Waals surface area (Å²) in [6, 6.07) is 66.2. The SMILES string of the molecule is N#Cc1ccc(-c2cccc(-c3ccc(C#N)cc3)c2N2c3ccccc3S(c3ccccc3)(c3ccccc3)c3ccccc32)cc1. The molecular weight excluding hydrogens is 603 g/mol. The minimum Gasteiger partial charge on any atom is -0.307 e. The van der Waals surface area contributed by atoms with Crippen molar-refractivity contribution >= 4 is 27.1 Å². The number of nitriles is 2. The topological polar surface area (TPSA) is 50.8 Å². The summed E-state index contributed by atoms with van der Waals surface area (Å²) in [6.45, 7) is 0. The van der Waals surface area contributed by atoms with Crippen molar-refractivity contribution in [3.05, 3.63) is 187 Å². The van der Waals surface area contributed by atoms with Gasteiger partial charge in [0, 0.05) is 30.7 Å². The molecule has 0 unspecified atom stereocenters. The summed E-state index contributed by atoms with van der Waals surface area (Å²) in [5.74, 6) is 0. The number of nitrogens with zero attached hydrogens (tertiary/aromatic N) is 3. The molecule has 7 aromatic carbocycles. The molecule has 48 heavy (non-hydrogen) atoms. The van der Waals surface area contributed by atoms with Crippen molar-refractivity contribution in [2.24, 2.45) is 0 Å². The highest BCUT2D eigenvalue weighted by atomic mass is 32.3. The van der Waals surface area contributed by atoms with Crippen LogP contribution in [0.3, 0.4) is 0 Å². The predicted octanol–water partition coefficient (Wildman–Crippen LogP) is 11.9. The smallest absolute Gasteiger partial charge is 0.0991 e. The van der Waals surface area contributed by atoms with Crippen molar-refractivity contribution in [1.29, 1.82) is 10.5 Å². The molecule has 0 aliphatic carbocycles.